The molecule has 2 amide bonds. The van der Waals surface area contributed by atoms with E-state index in [-0.39, 0.29) is 23.8 Å². The van der Waals surface area contributed by atoms with Crippen LogP contribution >= 0.6 is 15.9 Å². The highest BCUT2D eigenvalue weighted by Gasteiger charge is 2.17. The first-order valence-corrected chi connectivity index (χ1v) is 11.2. The van der Waals surface area contributed by atoms with Crippen molar-refractivity contribution in [1.82, 2.24) is 5.32 Å². The van der Waals surface area contributed by atoms with Crippen molar-refractivity contribution >= 4 is 33.4 Å². The Bertz CT molecular complexity index is 1090. The molecule has 6 heteroatoms. The van der Waals surface area contributed by atoms with E-state index in [1.54, 1.807) is 24.3 Å². The van der Waals surface area contributed by atoms with Crippen molar-refractivity contribution in [3.05, 3.63) is 94.0 Å². The largest absolute Gasteiger partial charge is 0.483 e. The number of hydrogen-bond donors (Lipinski definition) is 2. The van der Waals surface area contributed by atoms with Gasteiger partial charge < -0.3 is 15.4 Å². The predicted molar refractivity (Wildman–Crippen MR) is 131 cm³/mol. The number of carbonyl (C=O) groups excluding carboxylic acids is 2. The van der Waals surface area contributed by atoms with Crippen molar-refractivity contribution < 1.29 is 14.3 Å². The first-order chi connectivity index (χ1) is 15.2. The summed E-state index contributed by atoms with van der Waals surface area (Å²) < 4.78 is 6.47. The number of benzene rings is 3. The van der Waals surface area contributed by atoms with Crippen LogP contribution in [0.25, 0.3) is 0 Å². The minimum atomic E-state index is -0.347. The maximum Gasteiger partial charge on any atom is 0.262 e. The second kappa shape index (κ2) is 10.5. The zero-order valence-electron chi connectivity index (χ0n) is 18.4. The molecule has 0 aliphatic carbocycles. The summed E-state index contributed by atoms with van der Waals surface area (Å²) in [5.74, 6) is -0.0201. The van der Waals surface area contributed by atoms with Gasteiger partial charge in [-0.2, -0.15) is 0 Å². The lowest BCUT2D eigenvalue weighted by Gasteiger charge is -2.20. The van der Waals surface area contributed by atoms with Crippen LogP contribution < -0.4 is 15.4 Å². The highest BCUT2D eigenvalue weighted by atomic mass is 79.9. The van der Waals surface area contributed by atoms with E-state index in [0.717, 1.165) is 15.6 Å². The molecule has 0 atom stereocenters. The monoisotopic (exact) mass is 494 g/mol. The van der Waals surface area contributed by atoms with E-state index >= 15 is 0 Å². The summed E-state index contributed by atoms with van der Waals surface area (Å²) in [6.45, 7) is 6.64. The van der Waals surface area contributed by atoms with Gasteiger partial charge in [0.25, 0.3) is 11.8 Å². The molecule has 0 saturated carbocycles. The van der Waals surface area contributed by atoms with Crippen LogP contribution in [0.15, 0.2) is 77.3 Å². The van der Waals surface area contributed by atoms with Crippen LogP contribution in [0, 0.1) is 0 Å². The first-order valence-electron chi connectivity index (χ1n) is 10.4. The van der Waals surface area contributed by atoms with Crippen LogP contribution in [0.1, 0.15) is 42.3 Å². The SMILES string of the molecule is CC(C)(C)c1ccc(OCC(=O)Nc2ccccc2C(=O)NCc2ccccc2)c(Br)c1. The highest BCUT2D eigenvalue weighted by Crippen LogP contribution is 2.31. The molecule has 0 spiro atoms. The van der Waals surface area contributed by atoms with Crippen LogP contribution in [-0.4, -0.2) is 18.4 Å². The number of amides is 2. The van der Waals surface area contributed by atoms with Gasteiger partial charge in [-0.1, -0.05) is 69.3 Å². The van der Waals surface area contributed by atoms with Crippen LogP contribution in [0.5, 0.6) is 5.75 Å². The Labute approximate surface area is 197 Å². The van der Waals surface area contributed by atoms with E-state index in [0.29, 0.717) is 23.5 Å². The fraction of sp³-hybridized carbons (Fsp3) is 0.231. The number of anilines is 1. The minimum absolute atomic E-state index is 0.0171. The van der Waals surface area contributed by atoms with Crippen molar-refractivity contribution in [2.45, 2.75) is 32.7 Å². The van der Waals surface area contributed by atoms with Crippen LogP contribution in [-0.2, 0) is 16.8 Å². The second-order valence-electron chi connectivity index (χ2n) is 8.45. The van der Waals surface area contributed by atoms with E-state index in [1.807, 2.05) is 48.5 Å². The molecule has 0 heterocycles. The summed E-state index contributed by atoms with van der Waals surface area (Å²) in [5.41, 5.74) is 3.01. The summed E-state index contributed by atoms with van der Waals surface area (Å²) in [5, 5.41) is 5.66. The number of rotatable bonds is 7. The van der Waals surface area contributed by atoms with Gasteiger partial charge in [0, 0.05) is 6.54 Å². The lowest BCUT2D eigenvalue weighted by Crippen LogP contribution is -2.26. The number of ether oxygens (including phenoxy) is 1. The Hall–Kier alpha value is -3.12. The predicted octanol–water partition coefficient (Wildman–Crippen LogP) is 5.69. The average molecular weight is 495 g/mol. The van der Waals surface area contributed by atoms with Crippen LogP contribution in [0.4, 0.5) is 5.69 Å². The molecule has 3 aromatic rings. The number of hydrogen-bond acceptors (Lipinski definition) is 3. The average Bonchev–Trinajstić information content (AvgIpc) is 2.77. The van der Waals surface area contributed by atoms with Gasteiger partial charge in [0.15, 0.2) is 6.61 Å². The van der Waals surface area contributed by atoms with Gasteiger partial charge >= 0.3 is 0 Å². The standard InChI is InChI=1S/C26H27BrN2O3/c1-26(2,3)19-13-14-23(21(27)15-19)32-17-24(30)29-22-12-8-7-11-20(22)25(31)28-16-18-9-5-4-6-10-18/h4-15H,16-17H2,1-3H3,(H,28,31)(H,29,30). The molecule has 0 fully saturated rings. The van der Waals surface area contributed by atoms with Crippen LogP contribution in [0.3, 0.4) is 0 Å². The van der Waals surface area contributed by atoms with Gasteiger partial charge in [-0.05, 0) is 56.7 Å². The third kappa shape index (κ3) is 6.44. The number of para-hydroxylation sites is 1. The zero-order valence-corrected chi connectivity index (χ0v) is 20.0. The third-order valence-electron chi connectivity index (χ3n) is 4.90. The van der Waals surface area contributed by atoms with E-state index < -0.39 is 0 Å². The zero-order chi connectivity index (χ0) is 23.1. The summed E-state index contributed by atoms with van der Waals surface area (Å²) in [7, 11) is 0. The van der Waals surface area contributed by atoms with Crippen molar-refractivity contribution in [2.24, 2.45) is 0 Å². The Morgan fingerprint density at radius 1 is 0.938 bits per heavy atom. The van der Waals surface area contributed by atoms with Gasteiger partial charge in [-0.25, -0.2) is 0 Å². The van der Waals surface area contributed by atoms with Gasteiger partial charge in [-0.3, -0.25) is 9.59 Å². The molecule has 3 rings (SSSR count). The third-order valence-corrected chi connectivity index (χ3v) is 5.52. The van der Waals surface area contributed by atoms with Gasteiger partial charge in [-0.15, -0.1) is 0 Å². The maximum absolute atomic E-state index is 12.7. The molecule has 0 unspecified atom stereocenters. The second-order valence-corrected chi connectivity index (χ2v) is 9.30. The molecule has 2 N–H and O–H groups in total. The molecule has 0 saturated heterocycles. The van der Waals surface area contributed by atoms with E-state index in [2.05, 4.69) is 47.3 Å². The molecular formula is C26H27BrN2O3. The van der Waals surface area contributed by atoms with Crippen LogP contribution in [0.2, 0.25) is 0 Å². The van der Waals surface area contributed by atoms with Crippen molar-refractivity contribution in [3.8, 4) is 5.75 Å². The Kier molecular flexibility index (Phi) is 7.70. The molecule has 5 nitrogen and oxygen atoms in total. The summed E-state index contributed by atoms with van der Waals surface area (Å²) in [4.78, 5) is 25.2. The lowest BCUT2D eigenvalue weighted by molar-refractivity contribution is -0.118. The topological polar surface area (TPSA) is 67.4 Å². The molecule has 0 aromatic heterocycles. The smallest absolute Gasteiger partial charge is 0.262 e. The molecule has 3 aromatic carbocycles. The van der Waals surface area contributed by atoms with Gasteiger partial charge in [0.05, 0.1) is 15.7 Å². The van der Waals surface area contributed by atoms with Gasteiger partial charge in [0.1, 0.15) is 5.75 Å². The summed E-state index contributed by atoms with van der Waals surface area (Å²) in [6.07, 6.45) is 0. The first kappa shape index (κ1) is 23.5. The Morgan fingerprint density at radius 2 is 1.62 bits per heavy atom. The summed E-state index contributed by atoms with van der Waals surface area (Å²) in [6, 6.07) is 22.4. The highest BCUT2D eigenvalue weighted by molar-refractivity contribution is 9.10. The summed E-state index contributed by atoms with van der Waals surface area (Å²) >= 11 is 3.51. The fourth-order valence-corrected chi connectivity index (χ4v) is 3.57. The molecule has 0 radical (unpaired) electrons. The van der Waals surface area contributed by atoms with E-state index in [4.69, 9.17) is 4.74 Å². The number of halogens is 1. The lowest BCUT2D eigenvalue weighted by atomic mass is 9.87. The van der Waals surface area contributed by atoms with Gasteiger partial charge in [0.2, 0.25) is 0 Å². The van der Waals surface area contributed by atoms with Crippen molar-refractivity contribution in [2.75, 3.05) is 11.9 Å². The van der Waals surface area contributed by atoms with E-state index in [9.17, 15) is 9.59 Å². The molecule has 32 heavy (non-hydrogen) atoms. The number of nitrogens with one attached hydrogen (secondary N) is 2. The van der Waals surface area contributed by atoms with Crippen molar-refractivity contribution in [3.63, 3.8) is 0 Å². The Morgan fingerprint density at radius 3 is 2.31 bits per heavy atom. The molecule has 0 aliphatic rings. The van der Waals surface area contributed by atoms with Crippen molar-refractivity contribution in [1.29, 1.82) is 0 Å². The molecule has 0 bridgehead atoms. The molecule has 166 valence electrons. The Balaban J connectivity index is 1.60. The minimum Gasteiger partial charge on any atom is -0.483 e. The molecular weight excluding hydrogens is 468 g/mol. The number of carbonyl (C=O) groups is 2. The maximum atomic E-state index is 12.7. The quantitative estimate of drug-likeness (QED) is 0.442. The van der Waals surface area contributed by atoms with E-state index in [1.165, 1.54) is 0 Å². The fourth-order valence-electron chi connectivity index (χ4n) is 3.08. The normalized spacial score (nSPS) is 11.0. The molecule has 0 aliphatic heterocycles.